The van der Waals surface area contributed by atoms with Crippen molar-refractivity contribution in [2.45, 2.75) is 81.7 Å². The fourth-order valence-corrected chi connectivity index (χ4v) is 5.72. The molecule has 0 radical (unpaired) electrons. The van der Waals surface area contributed by atoms with Crippen LogP contribution in [0.5, 0.6) is 0 Å². The van der Waals surface area contributed by atoms with E-state index < -0.39 is 53.8 Å². The molecule has 2 heterocycles. The molecule has 1 N–H and O–H groups in total. The lowest BCUT2D eigenvalue weighted by atomic mass is 9.93. The normalized spacial score (nSPS) is 24.8. The number of hydrogen-bond donors (Lipinski definition) is 1. The number of thioether (sulfide) groups is 1. The number of amides is 1. The number of carbonyl (C=O) groups excluding carboxylic acids is 1. The lowest BCUT2D eigenvalue weighted by molar-refractivity contribution is -0.283. The Morgan fingerprint density at radius 2 is 1.60 bits per heavy atom. The number of nitrogens with zero attached hydrogens (tertiary/aromatic N) is 2. The van der Waals surface area contributed by atoms with Crippen molar-refractivity contribution in [2.75, 3.05) is 6.54 Å². The van der Waals surface area contributed by atoms with Gasteiger partial charge in [0.05, 0.1) is 13.2 Å². The fourth-order valence-electron chi connectivity index (χ4n) is 4.51. The first-order valence-electron chi connectivity index (χ1n) is 13.4. The molecule has 1 fully saturated rings. The third kappa shape index (κ3) is 8.13. The van der Waals surface area contributed by atoms with Crippen LogP contribution in [-0.2, 0) is 32.2 Å². The monoisotopic (exact) mass is 608 g/mol. The number of aliphatic hydroxyl groups excluding tert-OH is 1. The highest BCUT2D eigenvalue weighted by Crippen LogP contribution is 2.43. The van der Waals surface area contributed by atoms with Gasteiger partial charge in [-0.15, -0.1) is 6.58 Å². The highest BCUT2D eigenvalue weighted by Gasteiger charge is 2.58. The molecule has 0 bridgehead atoms. The number of hydrogen-bond acceptors (Lipinski definition) is 8. The molecule has 2 aliphatic heterocycles. The van der Waals surface area contributed by atoms with E-state index in [0.717, 1.165) is 17.3 Å². The summed E-state index contributed by atoms with van der Waals surface area (Å²) in [6.07, 6.45) is -11.3. The molecular formula is C30H35F3N2O6S. The zero-order valence-electron chi connectivity index (χ0n) is 23.6. The highest BCUT2D eigenvalue weighted by molar-refractivity contribution is 8.14. The molecule has 8 nitrogen and oxygen atoms in total. The van der Waals surface area contributed by atoms with Gasteiger partial charge >= 0.3 is 12.3 Å². The first kappa shape index (κ1) is 32.0. The smallest absolute Gasteiger partial charge is 0.417 e. The van der Waals surface area contributed by atoms with E-state index in [9.17, 15) is 23.1 Å². The Morgan fingerprint density at radius 1 is 1.05 bits per heavy atom. The molecule has 2 aliphatic rings. The van der Waals surface area contributed by atoms with Crippen LogP contribution in [0.25, 0.3) is 0 Å². The molecule has 0 aliphatic carbocycles. The predicted octanol–water partition coefficient (Wildman–Crippen LogP) is 5.70. The molecule has 6 unspecified atom stereocenters. The van der Waals surface area contributed by atoms with E-state index in [-0.39, 0.29) is 24.9 Å². The van der Waals surface area contributed by atoms with Gasteiger partial charge in [0.1, 0.15) is 35.4 Å². The van der Waals surface area contributed by atoms with Gasteiger partial charge in [0, 0.05) is 6.54 Å². The van der Waals surface area contributed by atoms with Gasteiger partial charge in [-0.2, -0.15) is 13.2 Å². The summed E-state index contributed by atoms with van der Waals surface area (Å²) in [4.78, 5) is 19.0. The van der Waals surface area contributed by atoms with Crippen LogP contribution in [0.1, 0.15) is 31.9 Å². The van der Waals surface area contributed by atoms with Crippen LogP contribution in [0.4, 0.5) is 18.0 Å². The van der Waals surface area contributed by atoms with Gasteiger partial charge in [0.25, 0.3) is 0 Å². The van der Waals surface area contributed by atoms with E-state index in [1.807, 2.05) is 36.4 Å². The highest BCUT2D eigenvalue weighted by atomic mass is 32.2. The van der Waals surface area contributed by atoms with Crippen molar-refractivity contribution in [3.05, 3.63) is 84.4 Å². The summed E-state index contributed by atoms with van der Waals surface area (Å²) in [5, 5.41) is 10.6. The number of carbonyl (C=O) groups is 1. The van der Waals surface area contributed by atoms with E-state index in [0.29, 0.717) is 5.56 Å². The summed E-state index contributed by atoms with van der Waals surface area (Å²) in [5.74, 6) is 0. The lowest BCUT2D eigenvalue weighted by Gasteiger charge is -2.44. The molecule has 6 atom stereocenters. The molecule has 0 aromatic heterocycles. The number of ether oxygens (including phenoxy) is 4. The van der Waals surface area contributed by atoms with Gasteiger partial charge in [0.15, 0.2) is 11.3 Å². The van der Waals surface area contributed by atoms with Gasteiger partial charge in [-0.25, -0.2) is 4.79 Å². The zero-order chi connectivity index (χ0) is 30.5. The molecule has 228 valence electrons. The first-order chi connectivity index (χ1) is 19.9. The zero-order valence-corrected chi connectivity index (χ0v) is 24.4. The Kier molecular flexibility index (Phi) is 10.4. The topological polar surface area (TPSA) is 89.8 Å². The lowest BCUT2D eigenvalue weighted by Crippen LogP contribution is -2.62. The molecule has 4 rings (SSSR count). The number of amidine groups is 1. The maximum Gasteiger partial charge on any atom is 0.417 e. The van der Waals surface area contributed by atoms with Gasteiger partial charge < -0.3 is 24.1 Å². The average Bonchev–Trinajstić information content (AvgIpc) is 3.36. The second-order valence-corrected chi connectivity index (χ2v) is 11.9. The van der Waals surface area contributed by atoms with E-state index in [2.05, 4.69) is 6.58 Å². The van der Waals surface area contributed by atoms with Crippen molar-refractivity contribution in [3.63, 3.8) is 0 Å². The van der Waals surface area contributed by atoms with E-state index >= 15 is 0 Å². The summed E-state index contributed by atoms with van der Waals surface area (Å²) in [7, 11) is 0. The van der Waals surface area contributed by atoms with Crippen molar-refractivity contribution in [2.24, 2.45) is 4.99 Å². The Morgan fingerprint density at radius 3 is 2.10 bits per heavy atom. The van der Waals surface area contributed by atoms with Crippen LogP contribution in [0.15, 0.2) is 78.3 Å². The average molecular weight is 609 g/mol. The van der Waals surface area contributed by atoms with Gasteiger partial charge in [-0.1, -0.05) is 78.5 Å². The van der Waals surface area contributed by atoms with Crippen molar-refractivity contribution in [1.29, 1.82) is 0 Å². The molecule has 0 saturated carbocycles. The minimum Gasteiger partial charge on any atom is -0.443 e. The maximum absolute atomic E-state index is 13.9. The van der Waals surface area contributed by atoms with Crippen LogP contribution < -0.4 is 0 Å². The largest absolute Gasteiger partial charge is 0.443 e. The third-order valence-corrected chi connectivity index (χ3v) is 7.57. The Bertz CT molecular complexity index is 1230. The fraction of sp³-hybridized carbons (Fsp3) is 0.467. The third-order valence-electron chi connectivity index (χ3n) is 6.41. The number of aliphatic hydroxyl groups is 1. The summed E-state index contributed by atoms with van der Waals surface area (Å²) < 4.78 is 65.5. The molecule has 2 aromatic carbocycles. The summed E-state index contributed by atoms with van der Waals surface area (Å²) >= 11 is 0.962. The molecule has 2 aromatic rings. The van der Waals surface area contributed by atoms with Crippen molar-refractivity contribution >= 4 is 23.0 Å². The standard InChI is InChI=1S/C30H35F3N2O6S/c1-5-16-35(28(37)41-29(2,3)4)27-34-21-22(38-17-19-12-8-6-9-13-19)23(39-18-20-14-10-7-11-15-20)24(40-26(21)42-27)25(36)30(31,32)33/h5-15,21-26,36H,1,16-18H2,2-4H3. The number of halogens is 3. The van der Waals surface area contributed by atoms with E-state index in [1.54, 1.807) is 45.0 Å². The second-order valence-electron chi connectivity index (χ2n) is 10.9. The van der Waals surface area contributed by atoms with Gasteiger partial charge in [-0.3, -0.25) is 9.89 Å². The number of benzene rings is 2. The molecule has 12 heteroatoms. The minimum atomic E-state index is -4.99. The van der Waals surface area contributed by atoms with Crippen molar-refractivity contribution in [1.82, 2.24) is 4.90 Å². The van der Waals surface area contributed by atoms with Crippen LogP contribution in [0, 0.1) is 0 Å². The number of aliphatic imine (C=N–C) groups is 1. The SMILES string of the molecule is C=CCN(C(=O)OC(C)(C)C)C1=NC2C(OC(C(O)C(F)(F)F)C(OCc3ccccc3)C2OCc2ccccc2)S1. The van der Waals surface area contributed by atoms with Crippen molar-refractivity contribution < 1.29 is 42.0 Å². The molecule has 1 saturated heterocycles. The van der Waals surface area contributed by atoms with Crippen LogP contribution in [0.2, 0.25) is 0 Å². The van der Waals surface area contributed by atoms with Gasteiger partial charge in [-0.05, 0) is 31.9 Å². The summed E-state index contributed by atoms with van der Waals surface area (Å²) in [6.45, 7) is 8.89. The molecule has 42 heavy (non-hydrogen) atoms. The quantitative estimate of drug-likeness (QED) is 0.366. The summed E-state index contributed by atoms with van der Waals surface area (Å²) in [6, 6.07) is 17.2. The first-order valence-corrected chi connectivity index (χ1v) is 14.3. The maximum atomic E-state index is 13.9. The van der Waals surface area contributed by atoms with E-state index in [4.69, 9.17) is 23.9 Å². The summed E-state index contributed by atoms with van der Waals surface area (Å²) in [5.41, 5.74) is -0.307. The number of rotatable bonds is 9. The second kappa shape index (κ2) is 13.6. The van der Waals surface area contributed by atoms with Crippen molar-refractivity contribution in [3.8, 4) is 0 Å². The Hall–Kier alpha value is -2.90. The van der Waals surface area contributed by atoms with Gasteiger partial charge in [0.2, 0.25) is 0 Å². The number of alkyl halides is 3. The number of fused-ring (bicyclic) bond motifs is 1. The Balaban J connectivity index is 1.70. The molecular weight excluding hydrogens is 573 g/mol. The molecule has 0 spiro atoms. The Labute approximate surface area is 247 Å². The van der Waals surface area contributed by atoms with E-state index in [1.165, 1.54) is 11.0 Å². The van der Waals surface area contributed by atoms with Crippen LogP contribution in [-0.4, -0.2) is 75.5 Å². The van der Waals surface area contributed by atoms with Crippen LogP contribution >= 0.6 is 11.8 Å². The molecule has 1 amide bonds. The predicted molar refractivity (Wildman–Crippen MR) is 153 cm³/mol. The van der Waals surface area contributed by atoms with Crippen LogP contribution in [0.3, 0.4) is 0 Å². The minimum absolute atomic E-state index is 0.0399.